The molecule has 0 saturated carbocycles. The number of halogens is 4. The number of hydrogen-bond donors (Lipinski definition) is 0. The Morgan fingerprint density at radius 1 is 1.56 bits per heavy atom. The minimum absolute atomic E-state index is 0.0753. The predicted octanol–water partition coefficient (Wildman–Crippen LogP) is 2.80. The highest BCUT2D eigenvalue weighted by Crippen LogP contribution is 2.32. The average Bonchev–Trinajstić information content (AvgIpc) is 2.07. The van der Waals surface area contributed by atoms with Crippen molar-refractivity contribution in [1.29, 1.82) is 0 Å². The van der Waals surface area contributed by atoms with Crippen LogP contribution in [0.3, 0.4) is 0 Å². The number of nitro groups is 1. The van der Waals surface area contributed by atoms with Gasteiger partial charge in [0.2, 0.25) is 5.88 Å². The van der Waals surface area contributed by atoms with Gasteiger partial charge in [0.25, 0.3) is 5.69 Å². The summed E-state index contributed by atoms with van der Waals surface area (Å²) in [5, 5.41) is 10.5. The zero-order valence-electron chi connectivity index (χ0n) is 7.71. The van der Waals surface area contributed by atoms with Crippen molar-refractivity contribution in [2.75, 3.05) is 0 Å². The van der Waals surface area contributed by atoms with Crippen molar-refractivity contribution in [2.24, 2.45) is 0 Å². The van der Waals surface area contributed by atoms with E-state index in [1.165, 1.54) is 29.5 Å². The van der Waals surface area contributed by atoms with Crippen molar-refractivity contribution < 1.29 is 22.8 Å². The molecule has 88 valence electrons. The monoisotopic (exact) mass is 348 g/mol. The summed E-state index contributed by atoms with van der Waals surface area (Å²) < 4.78 is 39.1. The van der Waals surface area contributed by atoms with Gasteiger partial charge in [0.05, 0.1) is 4.92 Å². The third kappa shape index (κ3) is 3.18. The second-order valence-corrected chi connectivity index (χ2v) is 3.79. The van der Waals surface area contributed by atoms with Crippen LogP contribution in [0.4, 0.5) is 18.9 Å². The summed E-state index contributed by atoms with van der Waals surface area (Å²) in [6.45, 7) is 1.34. The first-order valence-corrected chi connectivity index (χ1v) is 4.86. The quantitative estimate of drug-likeness (QED) is 0.468. The third-order valence-electron chi connectivity index (χ3n) is 1.45. The number of ether oxygens (including phenoxy) is 1. The van der Waals surface area contributed by atoms with Crippen molar-refractivity contribution in [3.63, 3.8) is 0 Å². The number of nitrogens with zero attached hydrogens (tertiary/aromatic N) is 2. The SMILES string of the molecule is Cc1cc([N+](=O)[O-])c(I)c(OC(F)(F)F)n1. The van der Waals surface area contributed by atoms with E-state index in [9.17, 15) is 23.3 Å². The Morgan fingerprint density at radius 2 is 2.12 bits per heavy atom. The zero-order chi connectivity index (χ0) is 12.5. The Morgan fingerprint density at radius 3 is 2.56 bits per heavy atom. The number of aryl methyl sites for hydroxylation is 1. The molecule has 0 amide bonds. The van der Waals surface area contributed by atoms with Crippen LogP contribution in [-0.4, -0.2) is 16.3 Å². The Bertz CT molecular complexity index is 436. The molecular formula is C7H4F3IN2O3. The molecule has 9 heteroatoms. The first-order chi connectivity index (χ1) is 7.20. The first-order valence-electron chi connectivity index (χ1n) is 3.78. The molecule has 1 aromatic heterocycles. The number of aromatic nitrogens is 1. The van der Waals surface area contributed by atoms with Gasteiger partial charge in [-0.05, 0) is 29.5 Å². The van der Waals surface area contributed by atoms with E-state index in [4.69, 9.17) is 0 Å². The lowest BCUT2D eigenvalue weighted by molar-refractivity contribution is -0.386. The fraction of sp³-hybridized carbons (Fsp3) is 0.286. The number of hydrogen-bond acceptors (Lipinski definition) is 4. The van der Waals surface area contributed by atoms with Crippen molar-refractivity contribution in [3.05, 3.63) is 25.4 Å². The maximum absolute atomic E-state index is 12.0. The normalized spacial score (nSPS) is 11.3. The summed E-state index contributed by atoms with van der Waals surface area (Å²) in [5.74, 6) is -0.806. The molecule has 0 bridgehead atoms. The van der Waals surface area contributed by atoms with Crippen LogP contribution in [0.25, 0.3) is 0 Å². The summed E-state index contributed by atoms with van der Waals surface area (Å²) in [6, 6.07) is 1.07. The van der Waals surface area contributed by atoms with Crippen molar-refractivity contribution in [3.8, 4) is 5.88 Å². The molecule has 0 aliphatic carbocycles. The molecule has 1 heterocycles. The largest absolute Gasteiger partial charge is 0.574 e. The van der Waals surface area contributed by atoms with Crippen molar-refractivity contribution >= 4 is 28.3 Å². The van der Waals surface area contributed by atoms with Gasteiger partial charge in [-0.2, -0.15) is 0 Å². The first kappa shape index (κ1) is 12.9. The Hall–Kier alpha value is -1.13. The number of pyridine rings is 1. The highest BCUT2D eigenvalue weighted by molar-refractivity contribution is 14.1. The fourth-order valence-electron chi connectivity index (χ4n) is 0.922. The van der Waals surface area contributed by atoms with Crippen molar-refractivity contribution in [1.82, 2.24) is 4.98 Å². The molecule has 0 radical (unpaired) electrons. The predicted molar refractivity (Wildman–Crippen MR) is 55.0 cm³/mol. The van der Waals surface area contributed by atoms with Gasteiger partial charge in [-0.25, -0.2) is 4.98 Å². The number of rotatable bonds is 2. The van der Waals surface area contributed by atoms with Gasteiger partial charge in [-0.3, -0.25) is 10.1 Å². The van der Waals surface area contributed by atoms with Gasteiger partial charge < -0.3 is 4.74 Å². The molecule has 0 atom stereocenters. The van der Waals surface area contributed by atoms with E-state index in [0.29, 0.717) is 0 Å². The van der Waals surface area contributed by atoms with Crippen molar-refractivity contribution in [2.45, 2.75) is 13.3 Å². The maximum atomic E-state index is 12.0. The van der Waals surface area contributed by atoms with Gasteiger partial charge in [0, 0.05) is 11.8 Å². The fourth-order valence-corrected chi connectivity index (χ4v) is 1.51. The highest BCUT2D eigenvalue weighted by Gasteiger charge is 2.34. The summed E-state index contributed by atoms with van der Waals surface area (Å²) >= 11 is 1.38. The molecular weight excluding hydrogens is 344 g/mol. The Balaban J connectivity index is 3.25. The molecule has 0 fully saturated rings. The van der Waals surface area contributed by atoms with Gasteiger partial charge in [0.1, 0.15) is 0 Å². The minimum Gasteiger partial charge on any atom is -0.386 e. The van der Waals surface area contributed by atoms with Crippen LogP contribution in [0.15, 0.2) is 6.07 Å². The molecule has 5 nitrogen and oxygen atoms in total. The van der Waals surface area contributed by atoms with Crippen LogP contribution in [0.1, 0.15) is 5.69 Å². The van der Waals surface area contributed by atoms with Gasteiger partial charge in [0.15, 0.2) is 3.57 Å². The molecule has 0 aromatic carbocycles. The third-order valence-corrected chi connectivity index (χ3v) is 2.46. The molecule has 0 N–H and O–H groups in total. The molecule has 0 aliphatic heterocycles. The lowest BCUT2D eigenvalue weighted by Crippen LogP contribution is -2.19. The lowest BCUT2D eigenvalue weighted by Gasteiger charge is -2.09. The maximum Gasteiger partial charge on any atom is 0.574 e. The van der Waals surface area contributed by atoms with Gasteiger partial charge in [-0.15, -0.1) is 13.2 Å². The molecule has 0 aliphatic rings. The highest BCUT2D eigenvalue weighted by atomic mass is 127. The van der Waals surface area contributed by atoms with Crippen LogP contribution in [0.2, 0.25) is 0 Å². The standard InChI is InChI=1S/C7H4F3IN2O3/c1-3-2-4(13(14)15)5(11)6(12-3)16-7(8,9)10/h2H,1H3. The van der Waals surface area contributed by atoms with E-state index in [1.807, 2.05) is 0 Å². The lowest BCUT2D eigenvalue weighted by atomic mass is 10.3. The summed E-state index contributed by atoms with van der Waals surface area (Å²) in [4.78, 5) is 13.2. The topological polar surface area (TPSA) is 65.3 Å². The molecule has 1 rings (SSSR count). The van der Waals surface area contributed by atoms with Crippen LogP contribution in [0.5, 0.6) is 5.88 Å². The van der Waals surface area contributed by atoms with E-state index >= 15 is 0 Å². The Labute approximate surface area is 101 Å². The Kier molecular flexibility index (Phi) is 3.55. The van der Waals surface area contributed by atoms with Crippen LogP contribution in [-0.2, 0) is 0 Å². The average molecular weight is 348 g/mol. The van der Waals surface area contributed by atoms with E-state index in [-0.39, 0.29) is 9.26 Å². The summed E-state index contributed by atoms with van der Waals surface area (Å²) in [6.07, 6.45) is -4.92. The van der Waals surface area contributed by atoms with E-state index < -0.39 is 22.9 Å². The molecule has 0 spiro atoms. The van der Waals surface area contributed by atoms with E-state index in [0.717, 1.165) is 6.07 Å². The second-order valence-electron chi connectivity index (χ2n) is 2.71. The smallest absolute Gasteiger partial charge is 0.386 e. The van der Waals surface area contributed by atoms with Crippen LogP contribution in [0, 0.1) is 20.6 Å². The zero-order valence-corrected chi connectivity index (χ0v) is 9.87. The molecule has 1 aromatic rings. The molecule has 0 saturated heterocycles. The second kappa shape index (κ2) is 4.39. The van der Waals surface area contributed by atoms with E-state index in [1.54, 1.807) is 0 Å². The summed E-state index contributed by atoms with van der Waals surface area (Å²) in [7, 11) is 0. The van der Waals surface area contributed by atoms with Gasteiger partial charge in [-0.1, -0.05) is 0 Å². The van der Waals surface area contributed by atoms with Gasteiger partial charge >= 0.3 is 6.36 Å². The van der Waals surface area contributed by atoms with E-state index in [2.05, 4.69) is 9.72 Å². The molecule has 16 heavy (non-hydrogen) atoms. The minimum atomic E-state index is -4.92. The summed E-state index contributed by atoms with van der Waals surface area (Å²) in [5.41, 5.74) is -0.390. The number of alkyl halides is 3. The molecule has 0 unspecified atom stereocenters. The van der Waals surface area contributed by atoms with Crippen LogP contribution >= 0.6 is 22.6 Å². The van der Waals surface area contributed by atoms with Crippen LogP contribution < -0.4 is 4.74 Å².